The van der Waals surface area contributed by atoms with Gasteiger partial charge in [-0.1, -0.05) is 0 Å². The molecule has 0 spiro atoms. The highest BCUT2D eigenvalue weighted by atomic mass is 16.2. The first kappa shape index (κ1) is 14.4. The minimum Gasteiger partial charge on any atom is -0.335 e. The van der Waals surface area contributed by atoms with E-state index < -0.39 is 0 Å². The molecule has 0 N–H and O–H groups in total. The zero-order valence-corrected chi connectivity index (χ0v) is 13.3. The van der Waals surface area contributed by atoms with Gasteiger partial charge in [0.1, 0.15) is 12.2 Å². The molecule has 6 nitrogen and oxygen atoms in total. The Labute approximate surface area is 135 Å². The molecule has 2 fully saturated rings. The van der Waals surface area contributed by atoms with Crippen LogP contribution in [0.4, 0.5) is 0 Å². The van der Waals surface area contributed by atoms with Gasteiger partial charge < -0.3 is 9.47 Å². The Bertz CT molecular complexity index is 690. The molecule has 0 radical (unpaired) electrons. The second kappa shape index (κ2) is 5.76. The highest BCUT2D eigenvalue weighted by Crippen LogP contribution is 2.39. The van der Waals surface area contributed by atoms with E-state index in [1.807, 2.05) is 10.8 Å². The van der Waals surface area contributed by atoms with Crippen molar-refractivity contribution in [2.24, 2.45) is 5.92 Å². The van der Waals surface area contributed by atoms with E-state index in [-0.39, 0.29) is 5.91 Å². The van der Waals surface area contributed by atoms with Crippen LogP contribution >= 0.6 is 0 Å². The lowest BCUT2D eigenvalue weighted by molar-refractivity contribution is -0.135. The van der Waals surface area contributed by atoms with Crippen molar-refractivity contribution < 1.29 is 4.79 Å². The minimum atomic E-state index is 0.190. The third-order valence-corrected chi connectivity index (χ3v) is 4.78. The van der Waals surface area contributed by atoms with Crippen molar-refractivity contribution in [2.45, 2.75) is 51.2 Å². The molecule has 0 unspecified atom stereocenters. The highest BCUT2D eigenvalue weighted by Gasteiger charge is 2.41. The number of carbonyl (C=O) groups is 1. The first-order chi connectivity index (χ1) is 11.2. The molecule has 2 aromatic heterocycles. The Balaban J connectivity index is 1.53. The summed E-state index contributed by atoms with van der Waals surface area (Å²) in [4.78, 5) is 27.7. The van der Waals surface area contributed by atoms with Gasteiger partial charge in [-0.15, -0.1) is 0 Å². The molecule has 0 bridgehead atoms. The van der Waals surface area contributed by atoms with E-state index in [0.29, 0.717) is 36.1 Å². The van der Waals surface area contributed by atoms with Gasteiger partial charge in [0.05, 0.1) is 6.20 Å². The third-order valence-electron chi connectivity index (χ3n) is 4.78. The number of rotatable bonds is 6. The largest absolute Gasteiger partial charge is 0.335 e. The SMILES string of the molecule is C[C@H](C1CC1)N(C(=O)Cn1ccnc1-c1cnccn1)C1CC1. The zero-order chi connectivity index (χ0) is 15.8. The van der Waals surface area contributed by atoms with Crippen LogP contribution in [0.2, 0.25) is 0 Å². The summed E-state index contributed by atoms with van der Waals surface area (Å²) in [5.74, 6) is 1.58. The fourth-order valence-corrected chi connectivity index (χ4v) is 3.23. The predicted octanol–water partition coefficient (Wildman–Crippen LogP) is 2.13. The van der Waals surface area contributed by atoms with Crippen LogP contribution < -0.4 is 0 Å². The molecule has 6 heteroatoms. The number of hydrogen-bond donors (Lipinski definition) is 0. The summed E-state index contributed by atoms with van der Waals surface area (Å²) in [6.45, 7) is 2.52. The second-order valence-electron chi connectivity index (χ2n) is 6.58. The summed E-state index contributed by atoms with van der Waals surface area (Å²) in [5.41, 5.74) is 0.693. The summed E-state index contributed by atoms with van der Waals surface area (Å²) in [5, 5.41) is 0. The van der Waals surface area contributed by atoms with Crippen LogP contribution in [0, 0.1) is 5.92 Å². The van der Waals surface area contributed by atoms with Crippen molar-refractivity contribution in [1.82, 2.24) is 24.4 Å². The average Bonchev–Trinajstić information content (AvgIpc) is 3.47. The van der Waals surface area contributed by atoms with Gasteiger partial charge >= 0.3 is 0 Å². The molecule has 120 valence electrons. The number of nitrogens with zero attached hydrogens (tertiary/aromatic N) is 5. The summed E-state index contributed by atoms with van der Waals surface area (Å²) >= 11 is 0. The topological polar surface area (TPSA) is 63.9 Å². The maximum absolute atomic E-state index is 12.9. The quantitative estimate of drug-likeness (QED) is 0.820. The average molecular weight is 311 g/mol. The standard InChI is InChI=1S/C17H21N5O/c1-12(13-2-3-13)22(14-4-5-14)16(23)11-21-9-8-20-17(21)15-10-18-6-7-19-15/h6-10,12-14H,2-5,11H2,1H3/t12-/m1/s1. The maximum Gasteiger partial charge on any atom is 0.243 e. The minimum absolute atomic E-state index is 0.190. The molecule has 0 saturated heterocycles. The molecule has 2 aromatic rings. The number of amides is 1. The van der Waals surface area contributed by atoms with Gasteiger partial charge in [0.25, 0.3) is 0 Å². The first-order valence-electron chi connectivity index (χ1n) is 8.32. The van der Waals surface area contributed by atoms with E-state index in [1.165, 1.54) is 12.8 Å². The lowest BCUT2D eigenvalue weighted by atomic mass is 10.1. The van der Waals surface area contributed by atoms with Crippen LogP contribution in [-0.4, -0.2) is 42.4 Å². The molecule has 4 rings (SSSR count). The number of hydrogen-bond acceptors (Lipinski definition) is 4. The van der Waals surface area contributed by atoms with E-state index in [4.69, 9.17) is 0 Å². The molecule has 2 aliphatic carbocycles. The Morgan fingerprint density at radius 1 is 1.26 bits per heavy atom. The van der Waals surface area contributed by atoms with E-state index in [2.05, 4.69) is 26.8 Å². The van der Waals surface area contributed by atoms with Crippen LogP contribution in [0.3, 0.4) is 0 Å². The Morgan fingerprint density at radius 3 is 2.74 bits per heavy atom. The maximum atomic E-state index is 12.9. The molecule has 2 aliphatic rings. The normalized spacial score (nSPS) is 18.7. The van der Waals surface area contributed by atoms with Crippen molar-refractivity contribution in [3.8, 4) is 11.5 Å². The molecule has 2 heterocycles. The van der Waals surface area contributed by atoms with Gasteiger partial charge in [-0.3, -0.25) is 9.78 Å². The van der Waals surface area contributed by atoms with Gasteiger partial charge in [-0.05, 0) is 38.5 Å². The van der Waals surface area contributed by atoms with Crippen molar-refractivity contribution in [3.63, 3.8) is 0 Å². The van der Waals surface area contributed by atoms with Crippen molar-refractivity contribution in [1.29, 1.82) is 0 Å². The molecule has 2 saturated carbocycles. The van der Waals surface area contributed by atoms with E-state index in [9.17, 15) is 4.79 Å². The molecule has 23 heavy (non-hydrogen) atoms. The summed E-state index contributed by atoms with van der Waals surface area (Å²) in [6, 6.07) is 0.806. The smallest absolute Gasteiger partial charge is 0.243 e. The molecule has 1 amide bonds. The summed E-state index contributed by atoms with van der Waals surface area (Å²) in [7, 11) is 0. The van der Waals surface area contributed by atoms with E-state index >= 15 is 0 Å². The molecular formula is C17H21N5O. The molecular weight excluding hydrogens is 290 g/mol. The molecule has 1 atom stereocenters. The third kappa shape index (κ3) is 2.98. The lowest BCUT2D eigenvalue weighted by Crippen LogP contribution is -2.43. The van der Waals surface area contributed by atoms with Gasteiger partial charge in [0.2, 0.25) is 5.91 Å². The number of imidazole rings is 1. The zero-order valence-electron chi connectivity index (χ0n) is 13.3. The van der Waals surface area contributed by atoms with Gasteiger partial charge in [-0.25, -0.2) is 9.97 Å². The Hall–Kier alpha value is -2.24. The van der Waals surface area contributed by atoms with Crippen molar-refractivity contribution in [3.05, 3.63) is 31.0 Å². The van der Waals surface area contributed by atoms with Crippen LogP contribution in [-0.2, 0) is 11.3 Å². The lowest BCUT2D eigenvalue weighted by Gasteiger charge is -2.30. The number of aromatic nitrogens is 4. The van der Waals surface area contributed by atoms with Gasteiger partial charge in [0.15, 0.2) is 5.82 Å². The van der Waals surface area contributed by atoms with Gasteiger partial charge in [-0.2, -0.15) is 0 Å². The number of carbonyl (C=O) groups excluding carboxylic acids is 1. The van der Waals surface area contributed by atoms with E-state index in [0.717, 1.165) is 12.8 Å². The van der Waals surface area contributed by atoms with E-state index in [1.54, 1.807) is 24.8 Å². The van der Waals surface area contributed by atoms with Crippen molar-refractivity contribution in [2.75, 3.05) is 0 Å². The van der Waals surface area contributed by atoms with Gasteiger partial charge in [0, 0.05) is 36.9 Å². The first-order valence-corrected chi connectivity index (χ1v) is 8.32. The van der Waals surface area contributed by atoms with Crippen LogP contribution in [0.1, 0.15) is 32.6 Å². The predicted molar refractivity (Wildman–Crippen MR) is 85.3 cm³/mol. The summed E-state index contributed by atoms with van der Waals surface area (Å²) in [6.07, 6.45) is 13.3. The van der Waals surface area contributed by atoms with Crippen LogP contribution in [0.15, 0.2) is 31.0 Å². The Kier molecular flexibility index (Phi) is 3.59. The van der Waals surface area contributed by atoms with Crippen LogP contribution in [0.25, 0.3) is 11.5 Å². The summed E-state index contributed by atoms with van der Waals surface area (Å²) < 4.78 is 1.88. The van der Waals surface area contributed by atoms with Crippen LogP contribution in [0.5, 0.6) is 0 Å². The molecule has 0 aliphatic heterocycles. The highest BCUT2D eigenvalue weighted by molar-refractivity contribution is 5.77. The fraction of sp³-hybridized carbons (Fsp3) is 0.529. The monoisotopic (exact) mass is 311 g/mol. The fourth-order valence-electron chi connectivity index (χ4n) is 3.23. The second-order valence-corrected chi connectivity index (χ2v) is 6.58. The molecule has 0 aromatic carbocycles. The Morgan fingerprint density at radius 2 is 2.09 bits per heavy atom. The van der Waals surface area contributed by atoms with Crippen molar-refractivity contribution >= 4 is 5.91 Å².